The summed E-state index contributed by atoms with van der Waals surface area (Å²) in [5.74, 6) is -2.75. The molecule has 0 fully saturated rings. The van der Waals surface area contributed by atoms with Crippen LogP contribution in [0.5, 0.6) is 0 Å². The molecule has 0 aliphatic heterocycles. The second kappa shape index (κ2) is 4.52. The van der Waals surface area contributed by atoms with E-state index in [1.165, 1.54) is 0 Å². The lowest BCUT2D eigenvalue weighted by Gasteiger charge is -2.10. The number of alkyl halides is 3. The molecule has 17 heavy (non-hydrogen) atoms. The van der Waals surface area contributed by atoms with Gasteiger partial charge in [-0.05, 0) is 0 Å². The van der Waals surface area contributed by atoms with Gasteiger partial charge >= 0.3 is 11.9 Å². The molecule has 0 aromatic heterocycles. The van der Waals surface area contributed by atoms with Gasteiger partial charge in [-0.1, -0.05) is 0 Å². The molecule has 0 radical (unpaired) electrons. The predicted molar refractivity (Wildman–Crippen MR) is 47.6 cm³/mol. The van der Waals surface area contributed by atoms with E-state index in [0.29, 0.717) is 6.07 Å². The molecule has 0 atom stereocenters. The second-order valence-electron chi connectivity index (χ2n) is 3.01. The summed E-state index contributed by atoms with van der Waals surface area (Å²) in [5.41, 5.74) is -2.08. The van der Waals surface area contributed by atoms with E-state index in [2.05, 4.69) is 0 Å². The van der Waals surface area contributed by atoms with Crippen molar-refractivity contribution in [1.82, 2.24) is 0 Å². The van der Waals surface area contributed by atoms with Gasteiger partial charge in [-0.15, -0.1) is 0 Å². The summed E-state index contributed by atoms with van der Waals surface area (Å²) in [4.78, 5) is 9.17. The summed E-state index contributed by atoms with van der Waals surface area (Å²) in [6, 6.07) is 0.643. The number of nitrogens with one attached hydrogen (secondary N) is 1. The topological polar surface area (TPSA) is 55.2 Å². The number of benzene rings is 1. The zero-order valence-electron chi connectivity index (χ0n) is 8.02. The quantitative estimate of drug-likeness (QED) is 0.514. The van der Waals surface area contributed by atoms with E-state index >= 15 is 0 Å². The molecule has 0 aliphatic rings. The molecule has 1 rings (SSSR count). The minimum Gasteiger partial charge on any atom is -0.371 e. The molecule has 4 nitrogen and oxygen atoms in total. The van der Waals surface area contributed by atoms with Gasteiger partial charge in [-0.2, -0.15) is 17.6 Å². The number of hydrogen-bond acceptors (Lipinski definition) is 3. The van der Waals surface area contributed by atoms with Crippen molar-refractivity contribution in [2.24, 2.45) is 0 Å². The van der Waals surface area contributed by atoms with Crippen molar-refractivity contribution < 1.29 is 26.9 Å². The third kappa shape index (κ3) is 3.54. The highest BCUT2D eigenvalue weighted by Gasteiger charge is 2.29. The van der Waals surface area contributed by atoms with Gasteiger partial charge in [0.25, 0.3) is 0 Å². The minimum atomic E-state index is -4.66. The van der Waals surface area contributed by atoms with Crippen LogP contribution in [-0.4, -0.2) is 17.6 Å². The Bertz CT molecular complexity index is 446. The molecular formula is C8H5F5N2O2. The van der Waals surface area contributed by atoms with Crippen molar-refractivity contribution in [2.45, 2.75) is 6.18 Å². The van der Waals surface area contributed by atoms with Gasteiger partial charge in [0, 0.05) is 12.1 Å². The first-order valence-electron chi connectivity index (χ1n) is 4.15. The highest BCUT2D eigenvalue weighted by Crippen LogP contribution is 2.29. The van der Waals surface area contributed by atoms with Crippen molar-refractivity contribution in [3.63, 3.8) is 0 Å². The van der Waals surface area contributed by atoms with Gasteiger partial charge in [0.05, 0.1) is 4.92 Å². The van der Waals surface area contributed by atoms with E-state index < -0.39 is 40.7 Å². The van der Waals surface area contributed by atoms with Crippen LogP contribution in [0.4, 0.5) is 33.3 Å². The first-order chi connectivity index (χ1) is 7.70. The Kier molecular flexibility index (Phi) is 3.49. The molecule has 0 unspecified atom stereocenters. The van der Waals surface area contributed by atoms with Crippen LogP contribution in [-0.2, 0) is 0 Å². The van der Waals surface area contributed by atoms with Crippen molar-refractivity contribution in [3.8, 4) is 0 Å². The van der Waals surface area contributed by atoms with Crippen LogP contribution in [0.25, 0.3) is 0 Å². The molecule has 0 bridgehead atoms. The standard InChI is InChI=1S/C8H5F5N2O2/c9-4-1-5(10)7(15(16)17)6(2-4)14-3-8(11,12)13/h1-2,14H,3H2. The molecule has 0 saturated carbocycles. The highest BCUT2D eigenvalue weighted by molar-refractivity contribution is 5.62. The normalized spacial score (nSPS) is 11.4. The molecule has 1 N–H and O–H groups in total. The summed E-state index contributed by atoms with van der Waals surface area (Å²) >= 11 is 0. The van der Waals surface area contributed by atoms with Crippen LogP contribution in [0, 0.1) is 21.7 Å². The van der Waals surface area contributed by atoms with Gasteiger partial charge in [0.15, 0.2) is 0 Å². The molecule has 0 heterocycles. The predicted octanol–water partition coefficient (Wildman–Crippen LogP) is 2.85. The Morgan fingerprint density at radius 1 is 1.29 bits per heavy atom. The van der Waals surface area contributed by atoms with Gasteiger partial charge < -0.3 is 5.32 Å². The number of anilines is 1. The van der Waals surface area contributed by atoms with Crippen LogP contribution < -0.4 is 5.32 Å². The fourth-order valence-electron chi connectivity index (χ4n) is 1.08. The molecule has 0 spiro atoms. The van der Waals surface area contributed by atoms with E-state index in [4.69, 9.17) is 0 Å². The number of rotatable bonds is 3. The maximum absolute atomic E-state index is 13.0. The maximum Gasteiger partial charge on any atom is 0.405 e. The zero-order chi connectivity index (χ0) is 13.2. The average Bonchev–Trinajstić information content (AvgIpc) is 2.11. The number of halogens is 5. The summed E-state index contributed by atoms with van der Waals surface area (Å²) in [6.45, 7) is -1.63. The lowest BCUT2D eigenvalue weighted by atomic mass is 10.2. The molecule has 1 aromatic carbocycles. The third-order valence-electron chi connectivity index (χ3n) is 1.69. The Labute approximate surface area is 91.2 Å². The van der Waals surface area contributed by atoms with Gasteiger partial charge in [-0.25, -0.2) is 4.39 Å². The Hall–Kier alpha value is -1.93. The fourth-order valence-corrected chi connectivity index (χ4v) is 1.08. The zero-order valence-corrected chi connectivity index (χ0v) is 8.02. The molecule has 9 heteroatoms. The Balaban J connectivity index is 3.09. The van der Waals surface area contributed by atoms with Gasteiger partial charge in [0.1, 0.15) is 18.0 Å². The van der Waals surface area contributed by atoms with Crippen LogP contribution in [0.1, 0.15) is 0 Å². The van der Waals surface area contributed by atoms with Crippen LogP contribution in [0.2, 0.25) is 0 Å². The first-order valence-corrected chi connectivity index (χ1v) is 4.15. The van der Waals surface area contributed by atoms with Crippen LogP contribution in [0.15, 0.2) is 12.1 Å². The fraction of sp³-hybridized carbons (Fsp3) is 0.250. The lowest BCUT2D eigenvalue weighted by molar-refractivity contribution is -0.386. The summed E-state index contributed by atoms with van der Waals surface area (Å²) in [7, 11) is 0. The largest absolute Gasteiger partial charge is 0.405 e. The molecule has 1 aromatic rings. The first kappa shape index (κ1) is 13.1. The number of nitro benzene ring substituents is 1. The summed E-state index contributed by atoms with van der Waals surface area (Å²) < 4.78 is 61.3. The van der Waals surface area contributed by atoms with Crippen molar-refractivity contribution in [1.29, 1.82) is 0 Å². The average molecular weight is 256 g/mol. The summed E-state index contributed by atoms with van der Waals surface area (Å²) in [6.07, 6.45) is -4.66. The molecule has 0 aliphatic carbocycles. The van der Waals surface area contributed by atoms with Crippen molar-refractivity contribution in [3.05, 3.63) is 33.9 Å². The van der Waals surface area contributed by atoms with Crippen molar-refractivity contribution in [2.75, 3.05) is 11.9 Å². The number of hydrogen-bond donors (Lipinski definition) is 1. The van der Waals surface area contributed by atoms with E-state index in [0.717, 1.165) is 0 Å². The SMILES string of the molecule is O=[N+]([O-])c1c(F)cc(F)cc1NCC(F)(F)F. The van der Waals surface area contributed by atoms with E-state index in [9.17, 15) is 32.1 Å². The maximum atomic E-state index is 13.0. The van der Waals surface area contributed by atoms with E-state index in [-0.39, 0.29) is 6.07 Å². The van der Waals surface area contributed by atoms with Crippen LogP contribution in [0.3, 0.4) is 0 Å². The Morgan fingerprint density at radius 2 is 1.88 bits per heavy atom. The molecule has 0 saturated heterocycles. The third-order valence-corrected chi connectivity index (χ3v) is 1.69. The second-order valence-corrected chi connectivity index (χ2v) is 3.01. The van der Waals surface area contributed by atoms with Gasteiger partial charge in [-0.3, -0.25) is 10.1 Å². The highest BCUT2D eigenvalue weighted by atomic mass is 19.4. The lowest BCUT2D eigenvalue weighted by Crippen LogP contribution is -2.22. The minimum absolute atomic E-state index is 0.219. The Morgan fingerprint density at radius 3 is 2.35 bits per heavy atom. The molecular weight excluding hydrogens is 251 g/mol. The summed E-state index contributed by atoms with van der Waals surface area (Å²) in [5, 5.41) is 12.0. The molecule has 94 valence electrons. The van der Waals surface area contributed by atoms with E-state index in [1.54, 1.807) is 5.32 Å². The number of nitrogens with zero attached hydrogens (tertiary/aromatic N) is 1. The smallest absolute Gasteiger partial charge is 0.371 e. The monoisotopic (exact) mass is 256 g/mol. The van der Waals surface area contributed by atoms with Gasteiger partial charge in [0.2, 0.25) is 5.82 Å². The number of nitro groups is 1. The molecule has 0 amide bonds. The van der Waals surface area contributed by atoms with Crippen molar-refractivity contribution >= 4 is 11.4 Å². The van der Waals surface area contributed by atoms with Crippen LogP contribution >= 0.6 is 0 Å². The van der Waals surface area contributed by atoms with E-state index in [1.807, 2.05) is 0 Å².